The molecule has 0 saturated carbocycles. The second kappa shape index (κ2) is 8.13. The summed E-state index contributed by atoms with van der Waals surface area (Å²) in [5, 5.41) is 0. The molecule has 0 aromatic rings. The van der Waals surface area contributed by atoms with Gasteiger partial charge in [0, 0.05) is 0 Å². The van der Waals surface area contributed by atoms with Gasteiger partial charge in [0.15, 0.2) is 0 Å². The summed E-state index contributed by atoms with van der Waals surface area (Å²) in [6, 6.07) is 0. The van der Waals surface area contributed by atoms with E-state index in [9.17, 15) is 57.9 Å². The molecule has 0 amide bonds. The van der Waals surface area contributed by atoms with Crippen LogP contribution in [0.15, 0.2) is 0 Å². The first-order valence-electron chi connectivity index (χ1n) is 7.53. The largest absolute Gasteiger partial charge is 0.462 e. The third-order valence-electron chi connectivity index (χ3n) is 3.78. The maximum Gasteiger partial charge on any atom is 0.460 e. The first kappa shape index (κ1) is 27.2. The van der Waals surface area contributed by atoms with Crippen LogP contribution in [0.4, 0.5) is 48.3 Å². The van der Waals surface area contributed by atoms with Crippen molar-refractivity contribution in [2.45, 2.75) is 57.1 Å². The zero-order valence-electron chi connectivity index (χ0n) is 14.9. The molecular weight excluding hydrogens is 441 g/mol. The smallest absolute Gasteiger partial charge is 0.460 e. The second-order valence-electron chi connectivity index (χ2n) is 6.30. The van der Waals surface area contributed by atoms with Gasteiger partial charge in [-0.25, -0.2) is 4.79 Å². The first-order chi connectivity index (χ1) is 12.6. The highest BCUT2D eigenvalue weighted by atomic mass is 19.4. The van der Waals surface area contributed by atoms with Gasteiger partial charge in [-0.15, -0.1) is 0 Å². The van der Waals surface area contributed by atoms with Crippen molar-refractivity contribution in [2.75, 3.05) is 13.2 Å². The van der Waals surface area contributed by atoms with Gasteiger partial charge in [0.05, 0.1) is 5.41 Å². The summed E-state index contributed by atoms with van der Waals surface area (Å²) >= 11 is 0. The van der Waals surface area contributed by atoms with Gasteiger partial charge < -0.3 is 9.47 Å². The molecule has 0 aromatic carbocycles. The number of halogens is 11. The lowest BCUT2D eigenvalue weighted by Gasteiger charge is -2.36. The quantitative estimate of drug-likeness (QED) is 0.289. The monoisotopic (exact) mass is 456 g/mol. The molecule has 0 aliphatic rings. The normalized spacial score (nSPS) is 14.6. The van der Waals surface area contributed by atoms with Gasteiger partial charge in [0.1, 0.15) is 13.2 Å². The number of carbonyl (C=O) groups excluding carboxylic acids is 2. The van der Waals surface area contributed by atoms with Gasteiger partial charge in [-0.3, -0.25) is 4.79 Å². The number of alkyl halides is 11. The van der Waals surface area contributed by atoms with Crippen LogP contribution in [-0.2, 0) is 19.1 Å². The summed E-state index contributed by atoms with van der Waals surface area (Å²) in [7, 11) is 0. The van der Waals surface area contributed by atoms with E-state index in [2.05, 4.69) is 9.47 Å². The average molecular weight is 456 g/mol. The predicted molar refractivity (Wildman–Crippen MR) is 71.8 cm³/mol. The van der Waals surface area contributed by atoms with Crippen LogP contribution in [0.25, 0.3) is 0 Å². The van der Waals surface area contributed by atoms with E-state index < -0.39 is 60.4 Å². The zero-order chi connectivity index (χ0) is 23.7. The molecule has 0 N–H and O–H groups in total. The first-order valence-corrected chi connectivity index (χ1v) is 7.53. The fourth-order valence-electron chi connectivity index (χ4n) is 1.40. The zero-order valence-corrected chi connectivity index (χ0v) is 14.9. The molecule has 0 radical (unpaired) electrons. The summed E-state index contributed by atoms with van der Waals surface area (Å²) in [6.07, 6.45) is -7.10. The van der Waals surface area contributed by atoms with Gasteiger partial charge in [-0.1, -0.05) is 6.92 Å². The maximum atomic E-state index is 13.3. The van der Waals surface area contributed by atoms with E-state index in [1.54, 1.807) is 6.92 Å². The van der Waals surface area contributed by atoms with Crippen LogP contribution in [0.1, 0.15) is 27.2 Å². The Morgan fingerprint density at radius 2 is 1.03 bits per heavy atom. The Morgan fingerprint density at radius 1 is 0.655 bits per heavy atom. The Morgan fingerprint density at radius 3 is 1.38 bits per heavy atom. The lowest BCUT2D eigenvalue weighted by Crippen LogP contribution is -2.68. The number of hydrogen-bond acceptors (Lipinski definition) is 4. The van der Waals surface area contributed by atoms with Crippen LogP contribution in [-0.4, -0.2) is 55.0 Å². The van der Waals surface area contributed by atoms with Crippen LogP contribution in [0, 0.1) is 5.41 Å². The molecule has 15 heteroatoms. The topological polar surface area (TPSA) is 52.6 Å². The van der Waals surface area contributed by atoms with E-state index in [1.165, 1.54) is 13.8 Å². The van der Waals surface area contributed by atoms with E-state index in [0.29, 0.717) is 0 Å². The highest BCUT2D eigenvalue weighted by Crippen LogP contribution is 2.57. The highest BCUT2D eigenvalue weighted by molar-refractivity contribution is 5.79. The van der Waals surface area contributed by atoms with E-state index in [0.717, 1.165) is 0 Å². The lowest BCUT2D eigenvalue weighted by molar-refractivity contribution is -0.418. The average Bonchev–Trinajstić information content (AvgIpc) is 2.56. The van der Waals surface area contributed by atoms with Gasteiger partial charge >= 0.3 is 41.8 Å². The minimum Gasteiger partial charge on any atom is -0.462 e. The van der Waals surface area contributed by atoms with Crippen LogP contribution in [0.5, 0.6) is 0 Å². The molecule has 0 atom stereocenters. The van der Waals surface area contributed by atoms with Gasteiger partial charge in [0.2, 0.25) is 0 Å². The standard InChI is InChI=1S/C14H15F11O4/c1-4-9(2,3)7(26)28-5-6-29-8(27)10(15,16)11(17,18)12(19,20)13(21,22)14(23,24)25/h4-6H2,1-3H3. The van der Waals surface area contributed by atoms with Crippen molar-refractivity contribution in [1.82, 2.24) is 0 Å². The molecule has 0 spiro atoms. The summed E-state index contributed by atoms with van der Waals surface area (Å²) in [6.45, 7) is 1.93. The van der Waals surface area contributed by atoms with Crippen LogP contribution in [0.2, 0.25) is 0 Å². The molecule has 0 bridgehead atoms. The fraction of sp³-hybridized carbons (Fsp3) is 0.857. The predicted octanol–water partition coefficient (Wildman–Crippen LogP) is 4.61. The minimum atomic E-state index is -7.71. The second-order valence-corrected chi connectivity index (χ2v) is 6.30. The Balaban J connectivity index is 5.31. The van der Waals surface area contributed by atoms with Gasteiger partial charge in [0.25, 0.3) is 0 Å². The van der Waals surface area contributed by atoms with Gasteiger partial charge in [-0.2, -0.15) is 48.3 Å². The molecule has 0 saturated heterocycles. The number of hydrogen-bond donors (Lipinski definition) is 0. The molecule has 4 nitrogen and oxygen atoms in total. The minimum absolute atomic E-state index is 0.235. The van der Waals surface area contributed by atoms with E-state index in [1.807, 2.05) is 0 Å². The number of esters is 2. The van der Waals surface area contributed by atoms with E-state index >= 15 is 0 Å². The van der Waals surface area contributed by atoms with Crippen LogP contribution < -0.4 is 0 Å². The van der Waals surface area contributed by atoms with Crippen molar-refractivity contribution in [3.63, 3.8) is 0 Å². The third-order valence-corrected chi connectivity index (χ3v) is 3.78. The van der Waals surface area contributed by atoms with E-state index in [-0.39, 0.29) is 6.42 Å². The Labute approximate surface area is 156 Å². The summed E-state index contributed by atoms with van der Waals surface area (Å²) in [4.78, 5) is 22.5. The summed E-state index contributed by atoms with van der Waals surface area (Å²) in [5.41, 5.74) is -1.08. The summed E-state index contributed by atoms with van der Waals surface area (Å²) in [5.74, 6) is -34.0. The van der Waals surface area contributed by atoms with Crippen molar-refractivity contribution in [2.24, 2.45) is 5.41 Å². The molecule has 0 fully saturated rings. The SMILES string of the molecule is CCC(C)(C)C(=O)OCCOC(=O)C(F)(F)C(F)(F)C(F)(F)C(F)(F)C(F)(F)F. The molecule has 172 valence electrons. The molecule has 0 heterocycles. The van der Waals surface area contributed by atoms with Crippen molar-refractivity contribution in [3.8, 4) is 0 Å². The van der Waals surface area contributed by atoms with Crippen molar-refractivity contribution in [1.29, 1.82) is 0 Å². The van der Waals surface area contributed by atoms with Gasteiger partial charge in [-0.05, 0) is 20.3 Å². The lowest BCUT2D eigenvalue weighted by atomic mass is 9.91. The molecule has 0 aliphatic heterocycles. The Hall–Kier alpha value is -1.83. The van der Waals surface area contributed by atoms with Crippen molar-refractivity contribution in [3.05, 3.63) is 0 Å². The molecule has 0 rings (SSSR count). The maximum absolute atomic E-state index is 13.3. The fourth-order valence-corrected chi connectivity index (χ4v) is 1.40. The van der Waals surface area contributed by atoms with Crippen LogP contribution in [0.3, 0.4) is 0 Å². The molecule has 0 aromatic heterocycles. The number of carbonyl (C=O) groups is 2. The summed E-state index contributed by atoms with van der Waals surface area (Å²) < 4.78 is 148. The number of ether oxygens (including phenoxy) is 2. The Bertz CT molecular complexity index is 611. The van der Waals surface area contributed by atoms with E-state index in [4.69, 9.17) is 0 Å². The molecule has 0 aliphatic carbocycles. The molecule has 29 heavy (non-hydrogen) atoms. The molecular formula is C14H15F11O4. The van der Waals surface area contributed by atoms with Crippen molar-refractivity contribution < 1.29 is 67.4 Å². The molecule has 0 unspecified atom stereocenters. The van der Waals surface area contributed by atoms with Crippen molar-refractivity contribution >= 4 is 11.9 Å². The number of rotatable bonds is 9. The third kappa shape index (κ3) is 4.85. The van der Waals surface area contributed by atoms with Crippen LogP contribution >= 0.6 is 0 Å². The highest BCUT2D eigenvalue weighted by Gasteiger charge is 2.88. The Kier molecular flexibility index (Phi) is 7.61.